The first-order valence-corrected chi connectivity index (χ1v) is 8.19. The molecule has 8 heteroatoms. The van der Waals surface area contributed by atoms with E-state index in [0.29, 0.717) is 11.8 Å². The van der Waals surface area contributed by atoms with Crippen molar-refractivity contribution in [3.8, 4) is 0 Å². The van der Waals surface area contributed by atoms with Gasteiger partial charge in [-0.05, 0) is 37.9 Å². The Morgan fingerprint density at radius 3 is 2.74 bits per heavy atom. The van der Waals surface area contributed by atoms with Crippen LogP contribution in [-0.4, -0.2) is 18.6 Å². The fourth-order valence-electron chi connectivity index (χ4n) is 1.82. The van der Waals surface area contributed by atoms with Crippen LogP contribution in [0.15, 0.2) is 15.5 Å². The third-order valence-corrected chi connectivity index (χ3v) is 5.43. The number of nitrogens with zero attached hydrogens (tertiary/aromatic N) is 2. The van der Waals surface area contributed by atoms with Crippen LogP contribution in [0.2, 0.25) is 0 Å². The van der Waals surface area contributed by atoms with Crippen molar-refractivity contribution in [1.82, 2.24) is 10.1 Å². The summed E-state index contributed by atoms with van der Waals surface area (Å²) in [5.41, 5.74) is 0. The molecule has 1 aliphatic rings. The predicted octanol–water partition coefficient (Wildman–Crippen LogP) is 2.43. The maximum absolute atomic E-state index is 12.2. The molecule has 0 amide bonds. The Labute approximate surface area is 114 Å². The molecule has 2 aromatic rings. The van der Waals surface area contributed by atoms with E-state index in [1.807, 2.05) is 6.92 Å². The minimum Gasteiger partial charge on any atom is -0.337 e. The summed E-state index contributed by atoms with van der Waals surface area (Å²) in [4.78, 5) is 6.02. The van der Waals surface area contributed by atoms with E-state index >= 15 is 0 Å². The smallest absolute Gasteiger partial charge is 0.277 e. The molecule has 1 aliphatic carbocycles. The van der Waals surface area contributed by atoms with Crippen LogP contribution in [0.5, 0.6) is 0 Å². The Morgan fingerprint density at radius 1 is 1.42 bits per heavy atom. The molecule has 102 valence electrons. The van der Waals surface area contributed by atoms with E-state index < -0.39 is 10.0 Å². The molecule has 0 atom stereocenters. The number of hydrogen-bond donors (Lipinski definition) is 1. The first-order chi connectivity index (χ1) is 8.95. The monoisotopic (exact) mass is 299 g/mol. The van der Waals surface area contributed by atoms with Crippen LogP contribution in [0.4, 0.5) is 5.95 Å². The fraction of sp³-hybridized carbons (Fsp3) is 0.455. The molecule has 0 aromatic carbocycles. The van der Waals surface area contributed by atoms with Gasteiger partial charge in [0.15, 0.2) is 0 Å². The summed E-state index contributed by atoms with van der Waals surface area (Å²) in [7, 11) is -3.64. The normalized spacial score (nSPS) is 15.7. The summed E-state index contributed by atoms with van der Waals surface area (Å²) >= 11 is 1.44. The highest BCUT2D eigenvalue weighted by Gasteiger charge is 2.30. The van der Waals surface area contributed by atoms with Crippen molar-refractivity contribution >= 4 is 27.3 Å². The van der Waals surface area contributed by atoms with Crippen molar-refractivity contribution in [2.24, 2.45) is 0 Å². The van der Waals surface area contributed by atoms with Crippen LogP contribution in [0.3, 0.4) is 0 Å². The zero-order valence-electron chi connectivity index (χ0n) is 10.5. The Bertz CT molecular complexity index is 713. The van der Waals surface area contributed by atoms with Crippen LogP contribution in [0, 0.1) is 13.8 Å². The van der Waals surface area contributed by atoms with Crippen molar-refractivity contribution in [3.63, 3.8) is 0 Å². The van der Waals surface area contributed by atoms with E-state index in [9.17, 15) is 8.42 Å². The topological polar surface area (TPSA) is 85.1 Å². The summed E-state index contributed by atoms with van der Waals surface area (Å²) in [5, 5.41) is 3.65. The Morgan fingerprint density at radius 2 is 2.16 bits per heavy atom. The van der Waals surface area contributed by atoms with Crippen LogP contribution in [0.1, 0.15) is 34.4 Å². The SMILES string of the molecule is Cc1cc(S(=O)(=O)Nc2noc(C3CC3)n2)c(C)s1. The second-order valence-corrected chi connectivity index (χ2v) is 7.72. The van der Waals surface area contributed by atoms with E-state index in [0.717, 1.165) is 22.6 Å². The van der Waals surface area contributed by atoms with Gasteiger partial charge in [0.2, 0.25) is 5.89 Å². The lowest BCUT2D eigenvalue weighted by atomic mass is 10.4. The van der Waals surface area contributed by atoms with E-state index in [4.69, 9.17) is 4.52 Å². The summed E-state index contributed by atoms with van der Waals surface area (Å²) in [6.07, 6.45) is 2.05. The summed E-state index contributed by atoms with van der Waals surface area (Å²) < 4.78 is 31.8. The second-order valence-electron chi connectivity index (χ2n) is 4.61. The highest BCUT2D eigenvalue weighted by Crippen LogP contribution is 2.39. The van der Waals surface area contributed by atoms with Crippen LogP contribution >= 0.6 is 11.3 Å². The van der Waals surface area contributed by atoms with Gasteiger partial charge in [-0.15, -0.1) is 11.3 Å². The first kappa shape index (κ1) is 12.6. The number of anilines is 1. The molecule has 0 bridgehead atoms. The van der Waals surface area contributed by atoms with Gasteiger partial charge in [-0.2, -0.15) is 4.98 Å². The molecule has 0 saturated heterocycles. The van der Waals surface area contributed by atoms with E-state index in [2.05, 4.69) is 14.9 Å². The van der Waals surface area contributed by atoms with Gasteiger partial charge in [0.25, 0.3) is 16.0 Å². The molecule has 0 radical (unpaired) electrons. The lowest BCUT2D eigenvalue weighted by molar-refractivity contribution is 0.380. The van der Waals surface area contributed by atoms with Crippen LogP contribution in [-0.2, 0) is 10.0 Å². The predicted molar refractivity (Wildman–Crippen MR) is 70.9 cm³/mol. The lowest BCUT2D eigenvalue weighted by Crippen LogP contribution is -2.14. The lowest BCUT2D eigenvalue weighted by Gasteiger charge is -2.02. The van der Waals surface area contributed by atoms with Gasteiger partial charge in [0.1, 0.15) is 4.90 Å². The Kier molecular flexibility index (Phi) is 2.86. The maximum Gasteiger partial charge on any atom is 0.277 e. The standard InChI is InChI=1S/C11H13N3O3S2/c1-6-5-9(7(2)18-6)19(15,16)14-11-12-10(17-13-11)8-3-4-8/h5,8H,3-4H2,1-2H3,(H,13,14). The zero-order chi connectivity index (χ0) is 13.6. The maximum atomic E-state index is 12.2. The number of hydrogen-bond acceptors (Lipinski definition) is 6. The number of rotatable bonds is 4. The molecular weight excluding hydrogens is 286 g/mol. The molecule has 19 heavy (non-hydrogen) atoms. The highest BCUT2D eigenvalue weighted by atomic mass is 32.2. The van der Waals surface area contributed by atoms with Crippen molar-refractivity contribution in [1.29, 1.82) is 0 Å². The molecule has 1 fully saturated rings. The Hall–Kier alpha value is -1.41. The van der Waals surface area contributed by atoms with E-state index in [-0.39, 0.29) is 10.8 Å². The zero-order valence-corrected chi connectivity index (χ0v) is 12.1. The third-order valence-electron chi connectivity index (χ3n) is 2.88. The molecule has 1 N–H and O–H groups in total. The van der Waals surface area contributed by atoms with Gasteiger partial charge in [-0.1, -0.05) is 0 Å². The first-order valence-electron chi connectivity index (χ1n) is 5.89. The van der Waals surface area contributed by atoms with E-state index in [1.165, 1.54) is 11.3 Å². The molecule has 0 aliphatic heterocycles. The van der Waals surface area contributed by atoms with Crippen LogP contribution < -0.4 is 4.72 Å². The number of nitrogens with one attached hydrogen (secondary N) is 1. The van der Waals surface area contributed by atoms with Gasteiger partial charge in [-0.3, -0.25) is 0 Å². The van der Waals surface area contributed by atoms with Crippen LogP contribution in [0.25, 0.3) is 0 Å². The minimum absolute atomic E-state index is 0.00477. The largest absolute Gasteiger partial charge is 0.337 e. The number of thiophene rings is 1. The number of sulfonamides is 1. The van der Waals surface area contributed by atoms with Crippen molar-refractivity contribution in [2.75, 3.05) is 4.72 Å². The molecule has 2 aromatic heterocycles. The van der Waals surface area contributed by atoms with Gasteiger partial charge >= 0.3 is 0 Å². The van der Waals surface area contributed by atoms with E-state index in [1.54, 1.807) is 13.0 Å². The summed E-state index contributed by atoms with van der Waals surface area (Å²) in [6.45, 7) is 3.65. The molecule has 0 spiro atoms. The Balaban J connectivity index is 1.86. The molecule has 1 saturated carbocycles. The fourth-order valence-corrected chi connectivity index (χ4v) is 4.31. The molecule has 0 unspecified atom stereocenters. The third kappa shape index (κ3) is 2.50. The van der Waals surface area contributed by atoms with Gasteiger partial charge in [0, 0.05) is 15.7 Å². The number of aromatic nitrogens is 2. The van der Waals surface area contributed by atoms with Crippen molar-refractivity contribution in [2.45, 2.75) is 37.5 Å². The van der Waals surface area contributed by atoms with Gasteiger partial charge in [-0.25, -0.2) is 13.1 Å². The molecule has 2 heterocycles. The summed E-state index contributed by atoms with van der Waals surface area (Å²) in [6, 6.07) is 1.64. The van der Waals surface area contributed by atoms with Crippen molar-refractivity contribution in [3.05, 3.63) is 21.7 Å². The molecular formula is C11H13N3O3S2. The number of aryl methyl sites for hydroxylation is 2. The van der Waals surface area contributed by atoms with Gasteiger partial charge in [0.05, 0.1) is 0 Å². The minimum atomic E-state index is -3.64. The average Bonchev–Trinajstić information content (AvgIpc) is 2.97. The molecule has 3 rings (SSSR count). The second kappa shape index (κ2) is 4.31. The highest BCUT2D eigenvalue weighted by molar-refractivity contribution is 7.92. The molecule has 6 nitrogen and oxygen atoms in total. The quantitative estimate of drug-likeness (QED) is 0.937. The van der Waals surface area contributed by atoms with Gasteiger partial charge < -0.3 is 4.52 Å². The average molecular weight is 299 g/mol. The van der Waals surface area contributed by atoms with Crippen molar-refractivity contribution < 1.29 is 12.9 Å². The summed E-state index contributed by atoms with van der Waals surface area (Å²) in [5.74, 6) is 0.817.